The SMILES string of the molecule is COc1cc(Cl)ccc1C(=O)c1c(C)cc(C)cc1F. The smallest absolute Gasteiger partial charge is 0.199 e. The van der Waals surface area contributed by atoms with Crippen molar-refractivity contribution in [2.45, 2.75) is 13.8 Å². The third-order valence-corrected chi connectivity index (χ3v) is 3.30. The summed E-state index contributed by atoms with van der Waals surface area (Å²) in [6.45, 7) is 3.50. The zero-order chi connectivity index (χ0) is 14.9. The summed E-state index contributed by atoms with van der Waals surface area (Å²) in [6, 6.07) is 7.79. The van der Waals surface area contributed by atoms with Crippen LogP contribution in [0.3, 0.4) is 0 Å². The van der Waals surface area contributed by atoms with Crippen LogP contribution in [0, 0.1) is 19.7 Å². The van der Waals surface area contributed by atoms with Crippen molar-refractivity contribution in [1.82, 2.24) is 0 Å². The van der Waals surface area contributed by atoms with E-state index in [1.807, 2.05) is 0 Å². The van der Waals surface area contributed by atoms with Gasteiger partial charge < -0.3 is 4.74 Å². The van der Waals surface area contributed by atoms with Crippen molar-refractivity contribution in [2.24, 2.45) is 0 Å². The summed E-state index contributed by atoms with van der Waals surface area (Å²) in [4.78, 5) is 12.5. The Bertz CT molecular complexity index is 657. The van der Waals surface area contributed by atoms with Crippen LogP contribution in [0.1, 0.15) is 27.0 Å². The van der Waals surface area contributed by atoms with E-state index in [9.17, 15) is 9.18 Å². The molecule has 2 rings (SSSR count). The summed E-state index contributed by atoms with van der Waals surface area (Å²) in [6.07, 6.45) is 0. The van der Waals surface area contributed by atoms with Crippen molar-refractivity contribution in [1.29, 1.82) is 0 Å². The molecule has 0 aliphatic heterocycles. The Morgan fingerprint density at radius 1 is 1.20 bits per heavy atom. The van der Waals surface area contributed by atoms with Crippen molar-refractivity contribution in [2.75, 3.05) is 7.11 Å². The number of benzene rings is 2. The third-order valence-electron chi connectivity index (χ3n) is 3.07. The minimum absolute atomic E-state index is 0.0659. The van der Waals surface area contributed by atoms with E-state index in [1.54, 1.807) is 32.0 Å². The number of aryl methyl sites for hydroxylation is 2. The second-order valence-corrected chi connectivity index (χ2v) is 5.05. The van der Waals surface area contributed by atoms with Gasteiger partial charge in [-0.25, -0.2) is 4.39 Å². The van der Waals surface area contributed by atoms with Crippen LogP contribution in [-0.4, -0.2) is 12.9 Å². The van der Waals surface area contributed by atoms with E-state index in [1.165, 1.54) is 19.2 Å². The zero-order valence-electron chi connectivity index (χ0n) is 11.5. The van der Waals surface area contributed by atoms with Gasteiger partial charge in [0.1, 0.15) is 11.6 Å². The molecule has 2 aromatic rings. The number of carbonyl (C=O) groups is 1. The minimum atomic E-state index is -0.524. The van der Waals surface area contributed by atoms with Gasteiger partial charge in [0.05, 0.1) is 18.2 Å². The number of rotatable bonds is 3. The molecule has 2 aromatic carbocycles. The first-order valence-corrected chi connectivity index (χ1v) is 6.47. The maximum atomic E-state index is 14.1. The van der Waals surface area contributed by atoms with Gasteiger partial charge in [0.2, 0.25) is 0 Å². The van der Waals surface area contributed by atoms with E-state index in [-0.39, 0.29) is 5.56 Å². The normalized spacial score (nSPS) is 10.4. The summed E-state index contributed by atoms with van der Waals surface area (Å²) in [5.41, 5.74) is 1.74. The van der Waals surface area contributed by atoms with Gasteiger partial charge in [-0.05, 0) is 49.2 Å². The van der Waals surface area contributed by atoms with E-state index in [2.05, 4.69) is 0 Å². The van der Waals surface area contributed by atoms with Gasteiger partial charge in [-0.2, -0.15) is 0 Å². The Morgan fingerprint density at radius 2 is 1.90 bits per heavy atom. The summed E-state index contributed by atoms with van der Waals surface area (Å²) in [5.74, 6) is -0.597. The number of carbonyl (C=O) groups excluding carboxylic acids is 1. The average molecular weight is 293 g/mol. The Hall–Kier alpha value is -1.87. The summed E-state index contributed by atoms with van der Waals surface area (Å²) in [7, 11) is 1.45. The van der Waals surface area contributed by atoms with Crippen molar-refractivity contribution in [3.63, 3.8) is 0 Å². The van der Waals surface area contributed by atoms with Crippen LogP contribution in [0.25, 0.3) is 0 Å². The molecule has 104 valence electrons. The summed E-state index contributed by atoms with van der Waals surface area (Å²) < 4.78 is 19.2. The van der Waals surface area contributed by atoms with Crippen LogP contribution in [0.15, 0.2) is 30.3 Å². The molecule has 0 aliphatic rings. The highest BCUT2D eigenvalue weighted by molar-refractivity contribution is 6.31. The third kappa shape index (κ3) is 2.68. The molecule has 0 unspecified atom stereocenters. The van der Waals surface area contributed by atoms with E-state index < -0.39 is 11.6 Å². The molecule has 0 saturated heterocycles. The van der Waals surface area contributed by atoms with Gasteiger partial charge in [0.25, 0.3) is 0 Å². The molecular weight excluding hydrogens is 279 g/mol. The van der Waals surface area contributed by atoms with Gasteiger partial charge in [-0.15, -0.1) is 0 Å². The predicted octanol–water partition coefficient (Wildman–Crippen LogP) is 4.34. The van der Waals surface area contributed by atoms with Gasteiger partial charge in [0, 0.05) is 5.02 Å². The largest absolute Gasteiger partial charge is 0.496 e. The molecule has 0 radical (unpaired) electrons. The van der Waals surface area contributed by atoms with E-state index in [0.29, 0.717) is 21.9 Å². The molecule has 20 heavy (non-hydrogen) atoms. The van der Waals surface area contributed by atoms with Crippen molar-refractivity contribution in [3.8, 4) is 5.75 Å². The Kier molecular flexibility index (Phi) is 4.09. The fourth-order valence-electron chi connectivity index (χ4n) is 2.19. The fraction of sp³-hybridized carbons (Fsp3) is 0.188. The van der Waals surface area contributed by atoms with Gasteiger partial charge in [0.15, 0.2) is 5.78 Å². The Labute approximate surface area is 122 Å². The first-order valence-electron chi connectivity index (χ1n) is 6.09. The van der Waals surface area contributed by atoms with Crippen LogP contribution in [0.4, 0.5) is 4.39 Å². The molecule has 2 nitrogen and oxygen atoms in total. The molecule has 0 aromatic heterocycles. The monoisotopic (exact) mass is 292 g/mol. The molecule has 0 heterocycles. The van der Waals surface area contributed by atoms with Crippen LogP contribution in [0.5, 0.6) is 5.75 Å². The van der Waals surface area contributed by atoms with Crippen LogP contribution in [-0.2, 0) is 0 Å². The van der Waals surface area contributed by atoms with E-state index in [4.69, 9.17) is 16.3 Å². The number of ether oxygens (including phenoxy) is 1. The molecule has 0 N–H and O–H groups in total. The summed E-state index contributed by atoms with van der Waals surface area (Å²) >= 11 is 5.86. The fourth-order valence-corrected chi connectivity index (χ4v) is 2.35. The minimum Gasteiger partial charge on any atom is -0.496 e. The lowest BCUT2D eigenvalue weighted by atomic mass is 9.96. The highest BCUT2D eigenvalue weighted by atomic mass is 35.5. The second kappa shape index (κ2) is 5.63. The highest BCUT2D eigenvalue weighted by Gasteiger charge is 2.20. The average Bonchev–Trinajstić information content (AvgIpc) is 2.37. The number of methoxy groups -OCH3 is 1. The molecule has 0 amide bonds. The van der Waals surface area contributed by atoms with Crippen LogP contribution < -0.4 is 4.74 Å². The van der Waals surface area contributed by atoms with Gasteiger partial charge >= 0.3 is 0 Å². The molecule has 0 fully saturated rings. The van der Waals surface area contributed by atoms with Gasteiger partial charge in [-0.1, -0.05) is 17.7 Å². The molecule has 0 saturated carbocycles. The van der Waals surface area contributed by atoms with Crippen molar-refractivity contribution < 1.29 is 13.9 Å². The molecule has 0 bridgehead atoms. The molecule has 0 spiro atoms. The number of hydrogen-bond donors (Lipinski definition) is 0. The van der Waals surface area contributed by atoms with Gasteiger partial charge in [-0.3, -0.25) is 4.79 Å². The molecule has 4 heteroatoms. The number of ketones is 1. The molecule has 0 atom stereocenters. The van der Waals surface area contributed by atoms with E-state index >= 15 is 0 Å². The topological polar surface area (TPSA) is 26.3 Å². The molecule has 0 aliphatic carbocycles. The highest BCUT2D eigenvalue weighted by Crippen LogP contribution is 2.27. The lowest BCUT2D eigenvalue weighted by Crippen LogP contribution is -2.09. The lowest BCUT2D eigenvalue weighted by Gasteiger charge is -2.11. The maximum Gasteiger partial charge on any atom is 0.199 e. The lowest BCUT2D eigenvalue weighted by molar-refractivity contribution is 0.103. The Balaban J connectivity index is 2.58. The number of hydrogen-bond acceptors (Lipinski definition) is 2. The Morgan fingerprint density at radius 3 is 2.50 bits per heavy atom. The van der Waals surface area contributed by atoms with Crippen LogP contribution in [0.2, 0.25) is 5.02 Å². The zero-order valence-corrected chi connectivity index (χ0v) is 12.2. The first kappa shape index (κ1) is 14.5. The van der Waals surface area contributed by atoms with Crippen LogP contribution >= 0.6 is 11.6 Å². The predicted molar refractivity (Wildman–Crippen MR) is 77.3 cm³/mol. The standard InChI is InChI=1S/C16H14ClFO2/c1-9-6-10(2)15(13(18)7-9)16(19)12-5-4-11(17)8-14(12)20-3/h4-8H,1-3H3. The maximum absolute atomic E-state index is 14.1. The summed E-state index contributed by atoms with van der Waals surface area (Å²) in [5, 5.41) is 0.458. The van der Waals surface area contributed by atoms with Crippen molar-refractivity contribution in [3.05, 3.63) is 63.4 Å². The van der Waals surface area contributed by atoms with Crippen molar-refractivity contribution >= 4 is 17.4 Å². The first-order chi connectivity index (χ1) is 9.43. The quantitative estimate of drug-likeness (QED) is 0.787. The second-order valence-electron chi connectivity index (χ2n) is 4.61. The molecular formula is C16H14ClFO2. The number of halogens is 2. The van der Waals surface area contributed by atoms with E-state index in [0.717, 1.165) is 5.56 Å².